The van der Waals surface area contributed by atoms with Crippen LogP contribution in [0.3, 0.4) is 0 Å². The average Bonchev–Trinajstić information content (AvgIpc) is 3.03. The lowest BCUT2D eigenvalue weighted by Gasteiger charge is -2.32. The van der Waals surface area contributed by atoms with E-state index in [1.54, 1.807) is 0 Å². The number of likely N-dealkylation sites (tertiary alicyclic amines) is 1. The summed E-state index contributed by atoms with van der Waals surface area (Å²) >= 11 is 0. The van der Waals surface area contributed by atoms with Crippen LogP contribution in [0.1, 0.15) is 23.0 Å². The topological polar surface area (TPSA) is 37.4 Å². The molecule has 1 fully saturated rings. The zero-order valence-electron chi connectivity index (χ0n) is 18.1. The maximum absolute atomic E-state index is 13.6. The Morgan fingerprint density at radius 3 is 1.71 bits per heavy atom. The molecule has 4 atom stereocenters. The number of terminal acetylenes is 1. The van der Waals surface area contributed by atoms with Crippen molar-refractivity contribution in [1.82, 2.24) is 4.90 Å². The molecule has 0 bridgehead atoms. The second kappa shape index (κ2) is 8.53. The third kappa shape index (κ3) is 4.06. The van der Waals surface area contributed by atoms with Gasteiger partial charge in [0.15, 0.2) is 0 Å². The van der Waals surface area contributed by atoms with Gasteiger partial charge in [-0.25, -0.2) is 0 Å². The number of quaternary nitrogens is 1. The number of benzene rings is 2. The molecule has 2 amide bonds. The van der Waals surface area contributed by atoms with Crippen LogP contribution in [0, 0.1) is 24.2 Å². The highest BCUT2D eigenvalue weighted by molar-refractivity contribution is 6.06. The molecule has 2 aliphatic rings. The Bertz CT molecular complexity index is 953. The van der Waals surface area contributed by atoms with Gasteiger partial charge in [-0.2, -0.15) is 0 Å². The molecular formula is C27H29N2O2+. The van der Waals surface area contributed by atoms with Crippen molar-refractivity contribution in [3.05, 3.63) is 83.9 Å². The minimum Gasteiger partial charge on any atom is -0.317 e. The molecule has 2 aromatic carbocycles. The molecule has 0 N–H and O–H groups in total. The first-order chi connectivity index (χ1) is 14.9. The first-order valence-electron chi connectivity index (χ1n) is 10.8. The largest absolute Gasteiger partial charge is 0.317 e. The molecule has 2 aromatic rings. The molecule has 0 aromatic heterocycles. The summed E-state index contributed by atoms with van der Waals surface area (Å²) in [7, 11) is 4.05. The lowest BCUT2D eigenvalue weighted by atomic mass is 9.68. The van der Waals surface area contributed by atoms with E-state index in [1.165, 1.54) is 4.90 Å². The summed E-state index contributed by atoms with van der Waals surface area (Å²) in [5.74, 6) is 1.61. The number of fused-ring (bicyclic) bond motifs is 1. The lowest BCUT2D eigenvalue weighted by molar-refractivity contribution is -0.882. The molecule has 31 heavy (non-hydrogen) atoms. The number of amides is 2. The minimum atomic E-state index is -0.381. The highest BCUT2D eigenvalue weighted by atomic mass is 16.2. The van der Waals surface area contributed by atoms with E-state index in [-0.39, 0.29) is 35.5 Å². The predicted molar refractivity (Wildman–Crippen MR) is 122 cm³/mol. The summed E-state index contributed by atoms with van der Waals surface area (Å²) < 4.78 is 0.575. The van der Waals surface area contributed by atoms with Gasteiger partial charge in [0, 0.05) is 11.8 Å². The van der Waals surface area contributed by atoms with E-state index in [0.717, 1.165) is 11.1 Å². The van der Waals surface area contributed by atoms with E-state index in [4.69, 9.17) is 6.42 Å². The molecular weight excluding hydrogens is 384 g/mol. The van der Waals surface area contributed by atoms with E-state index in [2.05, 4.69) is 18.1 Å². The van der Waals surface area contributed by atoms with Gasteiger partial charge in [0.2, 0.25) is 11.8 Å². The Morgan fingerprint density at radius 1 is 0.839 bits per heavy atom. The van der Waals surface area contributed by atoms with Crippen LogP contribution in [0.15, 0.2) is 72.8 Å². The van der Waals surface area contributed by atoms with Crippen LogP contribution in [-0.2, 0) is 9.59 Å². The Hall–Kier alpha value is -3.16. The van der Waals surface area contributed by atoms with Gasteiger partial charge in [-0.1, -0.05) is 72.8 Å². The van der Waals surface area contributed by atoms with Crippen molar-refractivity contribution in [3.8, 4) is 12.3 Å². The molecule has 4 heteroatoms. The van der Waals surface area contributed by atoms with Gasteiger partial charge in [0.25, 0.3) is 0 Å². The second-order valence-corrected chi connectivity index (χ2v) is 9.16. The molecule has 0 unspecified atom stereocenters. The smallest absolute Gasteiger partial charge is 0.234 e. The summed E-state index contributed by atoms with van der Waals surface area (Å²) in [5.41, 5.74) is 2.15. The number of allylic oxidation sites excluding steroid dienone is 2. The molecule has 158 valence electrons. The molecule has 1 saturated heterocycles. The fourth-order valence-corrected chi connectivity index (χ4v) is 4.91. The molecule has 4 rings (SSSR count). The summed E-state index contributed by atoms with van der Waals surface area (Å²) in [6, 6.07) is 20.1. The monoisotopic (exact) mass is 413 g/mol. The Kier molecular flexibility index (Phi) is 5.80. The van der Waals surface area contributed by atoms with Crippen LogP contribution in [0.4, 0.5) is 0 Å². The third-order valence-corrected chi connectivity index (χ3v) is 6.61. The summed E-state index contributed by atoms with van der Waals surface area (Å²) in [6.45, 7) is 1.59. The van der Waals surface area contributed by atoms with Gasteiger partial charge < -0.3 is 4.48 Å². The van der Waals surface area contributed by atoms with Crippen LogP contribution in [0.2, 0.25) is 0 Å². The first-order valence-corrected chi connectivity index (χ1v) is 10.8. The molecule has 0 spiro atoms. The van der Waals surface area contributed by atoms with Gasteiger partial charge in [-0.15, -0.1) is 6.42 Å². The average molecular weight is 414 g/mol. The maximum Gasteiger partial charge on any atom is 0.234 e. The summed E-state index contributed by atoms with van der Waals surface area (Å²) in [5, 5.41) is 0. The normalized spacial score (nSPS) is 25.4. The van der Waals surface area contributed by atoms with Crippen molar-refractivity contribution in [1.29, 1.82) is 0 Å². The number of likely N-dealkylation sites (N-methyl/N-ethyl adjacent to an activating group) is 1. The molecule has 0 radical (unpaired) electrons. The number of hydrogen-bond donors (Lipinski definition) is 0. The Balaban J connectivity index is 1.69. The molecule has 1 heterocycles. The summed E-state index contributed by atoms with van der Waals surface area (Å²) in [4.78, 5) is 28.7. The molecule has 0 saturated carbocycles. The van der Waals surface area contributed by atoms with Crippen LogP contribution >= 0.6 is 0 Å². The SMILES string of the molecule is C#CC[N+](C)(C)CCN1C(=O)[C@@H]2[C@H](C1=O)[C@H](c1ccccc1)C=C[C@@H]2c1ccccc1. The van der Waals surface area contributed by atoms with Gasteiger partial charge in [0.1, 0.15) is 6.54 Å². The lowest BCUT2D eigenvalue weighted by Crippen LogP contribution is -2.47. The number of hydrogen-bond acceptors (Lipinski definition) is 2. The third-order valence-electron chi connectivity index (χ3n) is 6.61. The van der Waals surface area contributed by atoms with Crippen molar-refractivity contribution in [3.63, 3.8) is 0 Å². The predicted octanol–water partition coefficient (Wildman–Crippen LogP) is 3.43. The van der Waals surface area contributed by atoms with Gasteiger partial charge in [-0.05, 0) is 17.0 Å². The highest BCUT2D eigenvalue weighted by Gasteiger charge is 2.55. The van der Waals surface area contributed by atoms with Crippen LogP contribution in [0.5, 0.6) is 0 Å². The van der Waals surface area contributed by atoms with Crippen LogP contribution in [-0.4, -0.2) is 54.9 Å². The van der Waals surface area contributed by atoms with Crippen molar-refractivity contribution in [2.75, 3.05) is 33.7 Å². The summed E-state index contributed by atoms with van der Waals surface area (Å²) in [6.07, 6.45) is 9.74. The first kappa shape index (κ1) is 21.1. The Labute approximate surface area is 184 Å². The molecule has 1 aliphatic carbocycles. The van der Waals surface area contributed by atoms with Gasteiger partial charge in [-0.3, -0.25) is 14.5 Å². The van der Waals surface area contributed by atoms with E-state index in [9.17, 15) is 9.59 Å². The van der Waals surface area contributed by atoms with Crippen molar-refractivity contribution in [2.24, 2.45) is 11.8 Å². The standard InChI is InChI=1S/C27H29N2O2/c1-4-18-29(2,3)19-17-28-26(30)24-22(20-11-7-5-8-12-20)15-16-23(25(24)27(28)31)21-13-9-6-10-14-21/h1,5-16,22-25H,17-19H2,2-3H3/q+1/t22-,23+,24+,25-. The van der Waals surface area contributed by atoms with Crippen molar-refractivity contribution < 1.29 is 14.1 Å². The number of nitrogens with zero attached hydrogens (tertiary/aromatic N) is 2. The second-order valence-electron chi connectivity index (χ2n) is 9.16. The quantitative estimate of drug-likeness (QED) is 0.315. The number of imide groups is 1. The van der Waals surface area contributed by atoms with Crippen LogP contribution < -0.4 is 0 Å². The van der Waals surface area contributed by atoms with Crippen LogP contribution in [0.25, 0.3) is 0 Å². The maximum atomic E-state index is 13.6. The number of carbonyl (C=O) groups is 2. The fraction of sp³-hybridized carbons (Fsp3) is 0.333. The van der Waals surface area contributed by atoms with E-state index < -0.39 is 0 Å². The van der Waals surface area contributed by atoms with E-state index in [1.807, 2.05) is 74.8 Å². The number of rotatable bonds is 6. The fourth-order valence-electron chi connectivity index (χ4n) is 4.91. The Morgan fingerprint density at radius 2 is 1.29 bits per heavy atom. The zero-order valence-corrected chi connectivity index (χ0v) is 18.1. The van der Waals surface area contributed by atoms with Gasteiger partial charge >= 0.3 is 0 Å². The molecule has 4 nitrogen and oxygen atoms in total. The minimum absolute atomic E-state index is 0.0603. The van der Waals surface area contributed by atoms with Gasteiger partial charge in [0.05, 0.1) is 39.0 Å². The van der Waals surface area contributed by atoms with Crippen molar-refractivity contribution >= 4 is 11.8 Å². The number of carbonyl (C=O) groups excluding carboxylic acids is 2. The van der Waals surface area contributed by atoms with E-state index in [0.29, 0.717) is 24.1 Å². The zero-order chi connectivity index (χ0) is 22.0. The van der Waals surface area contributed by atoms with E-state index >= 15 is 0 Å². The highest BCUT2D eigenvalue weighted by Crippen LogP contribution is 2.49. The molecule has 1 aliphatic heterocycles. The van der Waals surface area contributed by atoms with Crippen molar-refractivity contribution in [2.45, 2.75) is 11.8 Å².